The van der Waals surface area contributed by atoms with Gasteiger partial charge in [0, 0.05) is 36.9 Å². The number of benzene rings is 1. The molecule has 2 heterocycles. The van der Waals surface area contributed by atoms with Gasteiger partial charge in [-0.25, -0.2) is 4.98 Å². The molecule has 8 heteroatoms. The Morgan fingerprint density at radius 3 is 2.43 bits per heavy atom. The van der Waals surface area contributed by atoms with Gasteiger partial charge in [-0.3, -0.25) is 4.79 Å². The summed E-state index contributed by atoms with van der Waals surface area (Å²) in [5, 5.41) is 0.737. The number of hydrogen-bond donors (Lipinski definition) is 1. The number of Topliss-reactive ketones (excluding diaryl/α,β-unsaturated/α-hetero) is 1. The molecule has 1 aromatic heterocycles. The lowest BCUT2D eigenvalue weighted by atomic mass is 9.90. The Labute approximate surface area is 172 Å². The maximum absolute atomic E-state index is 12.3. The molecular formula is C20H29ClN4O3. The highest BCUT2D eigenvalue weighted by atomic mass is 35.5. The number of ether oxygens (including phenoxy) is 2. The van der Waals surface area contributed by atoms with Gasteiger partial charge in [0.2, 0.25) is 5.95 Å². The Bertz CT molecular complexity index is 823. The number of carbonyl (C=O) groups is 1. The Hall–Kier alpha value is -2.28. The fraction of sp³-hybridized carbons (Fsp3) is 0.550. The lowest BCUT2D eigenvalue weighted by molar-refractivity contribution is -0.123. The molecule has 0 aliphatic carbocycles. The van der Waals surface area contributed by atoms with Gasteiger partial charge in [-0.15, -0.1) is 12.4 Å². The van der Waals surface area contributed by atoms with E-state index in [4.69, 9.17) is 15.2 Å². The van der Waals surface area contributed by atoms with Crippen LogP contribution in [0.3, 0.4) is 0 Å². The monoisotopic (exact) mass is 408 g/mol. The van der Waals surface area contributed by atoms with Crippen LogP contribution in [0.5, 0.6) is 11.5 Å². The molecule has 0 radical (unpaired) electrons. The fourth-order valence-electron chi connectivity index (χ4n) is 3.56. The van der Waals surface area contributed by atoms with Crippen LogP contribution in [0.4, 0.5) is 11.8 Å². The maximum Gasteiger partial charge on any atom is 0.227 e. The molecule has 154 valence electrons. The molecule has 3 rings (SSSR count). The van der Waals surface area contributed by atoms with E-state index in [2.05, 4.69) is 21.8 Å². The molecule has 2 aromatic rings. The van der Waals surface area contributed by atoms with Crippen LogP contribution in [0.25, 0.3) is 10.9 Å². The Morgan fingerprint density at radius 2 is 1.82 bits per heavy atom. The van der Waals surface area contributed by atoms with E-state index < -0.39 is 0 Å². The number of unbranched alkanes of at least 4 members (excludes halogenated alkanes) is 1. The Balaban J connectivity index is 0.00000280. The van der Waals surface area contributed by atoms with Crippen molar-refractivity contribution in [1.82, 2.24) is 9.97 Å². The number of nitrogens with zero attached hydrogens (tertiary/aromatic N) is 3. The van der Waals surface area contributed by atoms with Gasteiger partial charge >= 0.3 is 0 Å². The van der Waals surface area contributed by atoms with Crippen LogP contribution in [-0.2, 0) is 4.79 Å². The molecule has 0 spiro atoms. The summed E-state index contributed by atoms with van der Waals surface area (Å²) in [6.45, 7) is 3.64. The first kappa shape index (κ1) is 22.0. The third-order valence-corrected chi connectivity index (χ3v) is 5.23. The van der Waals surface area contributed by atoms with Gasteiger partial charge in [-0.05, 0) is 25.3 Å². The summed E-state index contributed by atoms with van der Waals surface area (Å²) in [4.78, 5) is 23.5. The number of nitrogen functional groups attached to an aromatic ring is 1. The fourth-order valence-corrected chi connectivity index (χ4v) is 3.56. The molecule has 1 fully saturated rings. The number of hydrogen-bond acceptors (Lipinski definition) is 7. The average Bonchev–Trinajstić information content (AvgIpc) is 2.71. The number of piperidine rings is 1. The van der Waals surface area contributed by atoms with Crippen molar-refractivity contribution < 1.29 is 14.3 Å². The summed E-state index contributed by atoms with van der Waals surface area (Å²) in [5.74, 6) is 2.78. The predicted molar refractivity (Wildman–Crippen MR) is 114 cm³/mol. The molecule has 0 saturated carbocycles. The SMILES string of the molecule is CCCCC(=O)C1CCN(c2nc(N)c3cc(OC)c(OC)cc3n2)CC1.Cl. The highest BCUT2D eigenvalue weighted by Crippen LogP contribution is 2.34. The number of aromatic nitrogens is 2. The van der Waals surface area contributed by atoms with E-state index in [1.807, 2.05) is 6.07 Å². The molecule has 1 aromatic carbocycles. The Kier molecular flexibility index (Phi) is 7.69. The van der Waals surface area contributed by atoms with Gasteiger partial charge in [-0.1, -0.05) is 13.3 Å². The van der Waals surface area contributed by atoms with Crippen LogP contribution >= 0.6 is 12.4 Å². The number of anilines is 2. The van der Waals surface area contributed by atoms with E-state index in [0.29, 0.717) is 35.5 Å². The first-order valence-corrected chi connectivity index (χ1v) is 9.54. The van der Waals surface area contributed by atoms with Crippen molar-refractivity contribution >= 4 is 40.9 Å². The highest BCUT2D eigenvalue weighted by Gasteiger charge is 2.26. The average molecular weight is 409 g/mol. The second-order valence-corrected chi connectivity index (χ2v) is 6.96. The molecular weight excluding hydrogens is 380 g/mol. The lowest BCUT2D eigenvalue weighted by Gasteiger charge is -2.31. The molecule has 0 unspecified atom stereocenters. The van der Waals surface area contributed by atoms with Crippen LogP contribution in [-0.4, -0.2) is 43.1 Å². The van der Waals surface area contributed by atoms with Crippen LogP contribution in [0, 0.1) is 5.92 Å². The Morgan fingerprint density at radius 1 is 1.18 bits per heavy atom. The molecule has 0 bridgehead atoms. The lowest BCUT2D eigenvalue weighted by Crippen LogP contribution is -2.37. The predicted octanol–water partition coefficient (Wildman–Crippen LogP) is 3.63. The van der Waals surface area contributed by atoms with Crippen molar-refractivity contribution in [2.24, 2.45) is 5.92 Å². The number of nitrogens with two attached hydrogens (primary N) is 1. The minimum atomic E-state index is 0. The highest BCUT2D eigenvalue weighted by molar-refractivity contribution is 5.91. The van der Waals surface area contributed by atoms with Gasteiger partial charge in [0.25, 0.3) is 0 Å². The number of methoxy groups -OCH3 is 2. The van der Waals surface area contributed by atoms with Gasteiger partial charge in [0.15, 0.2) is 11.5 Å². The summed E-state index contributed by atoms with van der Waals surface area (Å²) in [7, 11) is 3.18. The van der Waals surface area contributed by atoms with Crippen LogP contribution < -0.4 is 20.1 Å². The van der Waals surface area contributed by atoms with Crippen molar-refractivity contribution in [2.45, 2.75) is 39.0 Å². The van der Waals surface area contributed by atoms with E-state index in [1.165, 1.54) is 0 Å². The van der Waals surface area contributed by atoms with Crippen LogP contribution in [0.1, 0.15) is 39.0 Å². The van der Waals surface area contributed by atoms with Crippen LogP contribution in [0.2, 0.25) is 0 Å². The summed E-state index contributed by atoms with van der Waals surface area (Å²) >= 11 is 0. The number of halogens is 1. The summed E-state index contributed by atoms with van der Waals surface area (Å²) in [5.41, 5.74) is 6.90. The summed E-state index contributed by atoms with van der Waals surface area (Å²) in [6, 6.07) is 3.61. The van der Waals surface area contributed by atoms with E-state index in [-0.39, 0.29) is 18.3 Å². The van der Waals surface area contributed by atoms with Crippen molar-refractivity contribution in [3.63, 3.8) is 0 Å². The zero-order valence-corrected chi connectivity index (χ0v) is 17.6. The van der Waals surface area contributed by atoms with Gasteiger partial charge in [-0.2, -0.15) is 4.98 Å². The molecule has 7 nitrogen and oxygen atoms in total. The maximum atomic E-state index is 12.3. The number of rotatable bonds is 7. The van der Waals surface area contributed by atoms with E-state index in [9.17, 15) is 4.79 Å². The van der Waals surface area contributed by atoms with Gasteiger partial charge in [0.1, 0.15) is 11.6 Å². The first-order chi connectivity index (χ1) is 13.1. The summed E-state index contributed by atoms with van der Waals surface area (Å²) in [6.07, 6.45) is 4.42. The normalized spacial score (nSPS) is 14.6. The largest absolute Gasteiger partial charge is 0.493 e. The smallest absolute Gasteiger partial charge is 0.227 e. The zero-order chi connectivity index (χ0) is 19.4. The van der Waals surface area contributed by atoms with E-state index in [0.717, 1.165) is 49.7 Å². The molecule has 0 atom stereocenters. The summed E-state index contributed by atoms with van der Waals surface area (Å²) < 4.78 is 10.7. The topological polar surface area (TPSA) is 90.6 Å². The van der Waals surface area contributed by atoms with Gasteiger partial charge < -0.3 is 20.1 Å². The number of fused-ring (bicyclic) bond motifs is 1. The molecule has 28 heavy (non-hydrogen) atoms. The molecule has 2 N–H and O–H groups in total. The standard InChI is InChI=1S/C20H28N4O3.ClH/c1-4-5-6-16(25)13-7-9-24(10-8-13)20-22-15-12-18(27-3)17(26-2)11-14(15)19(21)23-20;/h11-13H,4-10H2,1-3H3,(H2,21,22,23);1H. The number of ketones is 1. The third-order valence-electron chi connectivity index (χ3n) is 5.23. The minimum Gasteiger partial charge on any atom is -0.493 e. The molecule has 1 saturated heterocycles. The van der Waals surface area contributed by atoms with Crippen molar-refractivity contribution in [2.75, 3.05) is 37.9 Å². The van der Waals surface area contributed by atoms with Crippen molar-refractivity contribution in [1.29, 1.82) is 0 Å². The minimum absolute atomic E-state index is 0. The molecule has 1 aliphatic rings. The number of carbonyl (C=O) groups excluding carboxylic acids is 1. The quantitative estimate of drug-likeness (QED) is 0.747. The van der Waals surface area contributed by atoms with Crippen LogP contribution in [0.15, 0.2) is 12.1 Å². The molecule has 0 amide bonds. The third kappa shape index (κ3) is 4.58. The van der Waals surface area contributed by atoms with E-state index >= 15 is 0 Å². The van der Waals surface area contributed by atoms with Crippen molar-refractivity contribution in [3.05, 3.63) is 12.1 Å². The van der Waals surface area contributed by atoms with Crippen molar-refractivity contribution in [3.8, 4) is 11.5 Å². The first-order valence-electron chi connectivity index (χ1n) is 9.54. The van der Waals surface area contributed by atoms with E-state index in [1.54, 1.807) is 20.3 Å². The second kappa shape index (κ2) is 9.78. The van der Waals surface area contributed by atoms with Gasteiger partial charge in [0.05, 0.1) is 19.7 Å². The molecule has 1 aliphatic heterocycles. The zero-order valence-electron chi connectivity index (χ0n) is 16.7. The second-order valence-electron chi connectivity index (χ2n) is 6.96.